The number of halogens is 1. The maximum Gasteiger partial charge on any atom is 0.326 e. The van der Waals surface area contributed by atoms with Gasteiger partial charge in [-0.05, 0) is 31.2 Å². The van der Waals surface area contributed by atoms with Crippen molar-refractivity contribution in [2.24, 2.45) is 0 Å². The summed E-state index contributed by atoms with van der Waals surface area (Å²) in [7, 11) is -2.75. The van der Waals surface area contributed by atoms with Gasteiger partial charge in [-0.15, -0.1) is 0 Å². The Morgan fingerprint density at radius 2 is 1.74 bits per heavy atom. The van der Waals surface area contributed by atoms with Gasteiger partial charge in [0.2, 0.25) is 0 Å². The third-order valence-electron chi connectivity index (χ3n) is 3.23. The first-order chi connectivity index (χ1) is 10.9. The van der Waals surface area contributed by atoms with Gasteiger partial charge in [0.25, 0.3) is 10.0 Å². The lowest BCUT2D eigenvalue weighted by molar-refractivity contribution is -0.138. The molecule has 0 saturated heterocycles. The predicted octanol–water partition coefficient (Wildman–Crippen LogP) is 3.02. The van der Waals surface area contributed by atoms with Gasteiger partial charge in [-0.3, -0.25) is 9.10 Å². The van der Waals surface area contributed by atoms with E-state index in [1.807, 2.05) is 6.92 Å². The van der Waals surface area contributed by atoms with Crippen LogP contribution in [0.2, 0.25) is 5.02 Å². The minimum Gasteiger partial charge on any atom is -0.468 e. The molecule has 2 aromatic carbocycles. The Bertz CT molecular complexity index is 803. The van der Waals surface area contributed by atoms with E-state index in [0.29, 0.717) is 0 Å². The van der Waals surface area contributed by atoms with Crippen LogP contribution in [0.15, 0.2) is 53.4 Å². The van der Waals surface area contributed by atoms with Crippen LogP contribution in [0.4, 0.5) is 5.69 Å². The van der Waals surface area contributed by atoms with Crippen LogP contribution in [0.25, 0.3) is 0 Å². The molecule has 2 aromatic rings. The van der Waals surface area contributed by atoms with Gasteiger partial charge in [-0.2, -0.15) is 0 Å². The van der Waals surface area contributed by atoms with E-state index in [0.717, 1.165) is 9.87 Å². The number of anilines is 1. The summed E-state index contributed by atoms with van der Waals surface area (Å²) < 4.78 is 31.4. The summed E-state index contributed by atoms with van der Waals surface area (Å²) in [5.41, 5.74) is 1.15. The van der Waals surface area contributed by atoms with Crippen LogP contribution in [0.1, 0.15) is 5.56 Å². The highest BCUT2D eigenvalue weighted by Gasteiger charge is 2.28. The second-order valence-electron chi connectivity index (χ2n) is 4.85. The highest BCUT2D eigenvalue weighted by Crippen LogP contribution is 2.30. The summed E-state index contributed by atoms with van der Waals surface area (Å²) >= 11 is 6.11. The number of rotatable bonds is 5. The lowest BCUT2D eigenvalue weighted by Crippen LogP contribution is -2.36. The fraction of sp³-hybridized carbons (Fsp3) is 0.188. The fourth-order valence-corrected chi connectivity index (χ4v) is 3.69. The maximum absolute atomic E-state index is 12.9. The Balaban J connectivity index is 2.54. The molecule has 0 aliphatic carbocycles. The second kappa shape index (κ2) is 7.02. The summed E-state index contributed by atoms with van der Waals surface area (Å²) in [6.07, 6.45) is 0. The number of nitrogens with zero attached hydrogens (tertiary/aromatic N) is 1. The zero-order valence-electron chi connectivity index (χ0n) is 12.7. The van der Waals surface area contributed by atoms with Crippen molar-refractivity contribution in [1.82, 2.24) is 0 Å². The highest BCUT2D eigenvalue weighted by atomic mass is 35.5. The van der Waals surface area contributed by atoms with Crippen LogP contribution in [-0.2, 0) is 19.6 Å². The van der Waals surface area contributed by atoms with Gasteiger partial charge < -0.3 is 4.74 Å². The quantitative estimate of drug-likeness (QED) is 0.775. The molecule has 0 fully saturated rings. The third-order valence-corrected chi connectivity index (χ3v) is 5.32. The van der Waals surface area contributed by atoms with Crippen molar-refractivity contribution in [1.29, 1.82) is 0 Å². The molecule has 0 radical (unpaired) electrons. The number of para-hydroxylation sites is 1. The first kappa shape index (κ1) is 17.3. The van der Waals surface area contributed by atoms with E-state index in [9.17, 15) is 13.2 Å². The van der Waals surface area contributed by atoms with E-state index in [1.165, 1.54) is 25.3 Å². The average molecular weight is 354 g/mol. The minimum absolute atomic E-state index is 0.0759. The lowest BCUT2D eigenvalue weighted by Gasteiger charge is -2.24. The molecule has 2 rings (SSSR count). The molecule has 122 valence electrons. The van der Waals surface area contributed by atoms with Crippen molar-refractivity contribution in [3.63, 3.8) is 0 Å². The number of aryl methyl sites for hydroxylation is 1. The van der Waals surface area contributed by atoms with Crippen molar-refractivity contribution in [3.05, 3.63) is 59.1 Å². The van der Waals surface area contributed by atoms with Crippen LogP contribution >= 0.6 is 11.6 Å². The van der Waals surface area contributed by atoms with Crippen LogP contribution in [0.3, 0.4) is 0 Å². The molecule has 0 spiro atoms. The predicted molar refractivity (Wildman–Crippen MR) is 89.2 cm³/mol. The molecule has 0 amide bonds. The van der Waals surface area contributed by atoms with Crippen molar-refractivity contribution < 1.29 is 17.9 Å². The topological polar surface area (TPSA) is 63.7 Å². The molecule has 0 atom stereocenters. The van der Waals surface area contributed by atoms with Crippen molar-refractivity contribution in [3.8, 4) is 0 Å². The lowest BCUT2D eigenvalue weighted by atomic mass is 10.2. The molecule has 7 heteroatoms. The van der Waals surface area contributed by atoms with E-state index in [4.69, 9.17) is 11.6 Å². The number of hydrogen-bond acceptors (Lipinski definition) is 4. The molecular formula is C16H16ClNO4S. The van der Waals surface area contributed by atoms with Crippen LogP contribution in [0, 0.1) is 6.92 Å². The van der Waals surface area contributed by atoms with Gasteiger partial charge in [0.15, 0.2) is 0 Å². The highest BCUT2D eigenvalue weighted by molar-refractivity contribution is 7.92. The SMILES string of the molecule is COC(=O)CN(c1ccccc1Cl)S(=O)(=O)c1ccc(C)cc1. The van der Waals surface area contributed by atoms with Crippen LogP contribution in [0.5, 0.6) is 0 Å². The molecule has 23 heavy (non-hydrogen) atoms. The summed E-state index contributed by atoms with van der Waals surface area (Å²) in [5.74, 6) is -0.680. The fourth-order valence-electron chi connectivity index (χ4n) is 1.97. The monoisotopic (exact) mass is 353 g/mol. The maximum atomic E-state index is 12.9. The van der Waals surface area contributed by atoms with Gasteiger partial charge in [-0.25, -0.2) is 8.42 Å². The molecule has 0 N–H and O–H groups in total. The molecule has 0 saturated carbocycles. The smallest absolute Gasteiger partial charge is 0.326 e. The van der Waals surface area contributed by atoms with Gasteiger partial charge in [0.1, 0.15) is 6.54 Å². The molecule has 0 aliphatic rings. The number of methoxy groups -OCH3 is 1. The van der Waals surface area contributed by atoms with Gasteiger partial charge in [0.05, 0.1) is 22.7 Å². The summed E-state index contributed by atoms with van der Waals surface area (Å²) in [6, 6.07) is 12.8. The number of benzene rings is 2. The van der Waals surface area contributed by atoms with Gasteiger partial charge in [0, 0.05) is 0 Å². The normalized spacial score (nSPS) is 11.1. The molecule has 0 heterocycles. The number of sulfonamides is 1. The Labute approximate surface area is 140 Å². The van der Waals surface area contributed by atoms with E-state index < -0.39 is 22.5 Å². The largest absolute Gasteiger partial charge is 0.468 e. The number of ether oxygens (including phenoxy) is 1. The van der Waals surface area contributed by atoms with Gasteiger partial charge >= 0.3 is 5.97 Å². The number of carbonyl (C=O) groups excluding carboxylic acids is 1. The molecular weight excluding hydrogens is 338 g/mol. The number of hydrogen-bond donors (Lipinski definition) is 0. The Morgan fingerprint density at radius 3 is 2.30 bits per heavy atom. The Kier molecular flexibility index (Phi) is 5.28. The second-order valence-corrected chi connectivity index (χ2v) is 7.12. The number of carbonyl (C=O) groups is 1. The Hall–Kier alpha value is -2.05. The standard InChI is InChI=1S/C16H16ClNO4S/c1-12-7-9-13(10-8-12)23(20,21)18(11-16(19)22-2)15-6-4-3-5-14(15)17/h3-10H,11H2,1-2H3. The van der Waals surface area contributed by atoms with E-state index in [2.05, 4.69) is 4.74 Å². The zero-order valence-corrected chi connectivity index (χ0v) is 14.3. The van der Waals surface area contributed by atoms with E-state index >= 15 is 0 Å². The third kappa shape index (κ3) is 3.83. The first-order valence-corrected chi connectivity index (χ1v) is 8.59. The van der Waals surface area contributed by atoms with Crippen LogP contribution < -0.4 is 4.31 Å². The minimum atomic E-state index is -3.95. The van der Waals surface area contributed by atoms with Gasteiger partial charge in [-0.1, -0.05) is 41.4 Å². The van der Waals surface area contributed by atoms with Crippen molar-refractivity contribution >= 4 is 33.3 Å². The molecule has 0 bridgehead atoms. The molecule has 0 aromatic heterocycles. The number of esters is 1. The summed E-state index contributed by atoms with van der Waals surface area (Å²) in [4.78, 5) is 11.7. The first-order valence-electron chi connectivity index (χ1n) is 6.77. The Morgan fingerprint density at radius 1 is 1.13 bits per heavy atom. The van der Waals surface area contributed by atoms with Crippen molar-refractivity contribution in [2.75, 3.05) is 18.0 Å². The zero-order chi connectivity index (χ0) is 17.0. The van der Waals surface area contributed by atoms with E-state index in [-0.39, 0.29) is 15.6 Å². The molecule has 0 aliphatic heterocycles. The summed E-state index contributed by atoms with van der Waals surface area (Å²) in [6.45, 7) is 1.40. The molecule has 5 nitrogen and oxygen atoms in total. The van der Waals surface area contributed by atoms with E-state index in [1.54, 1.807) is 30.3 Å². The summed E-state index contributed by atoms with van der Waals surface area (Å²) in [5, 5.41) is 0.229. The molecule has 0 unspecified atom stereocenters. The van der Waals surface area contributed by atoms with Crippen LogP contribution in [-0.4, -0.2) is 28.0 Å². The van der Waals surface area contributed by atoms with Crippen molar-refractivity contribution in [2.45, 2.75) is 11.8 Å². The average Bonchev–Trinajstić information content (AvgIpc) is 2.53.